The Labute approximate surface area is 186 Å². The lowest BCUT2D eigenvalue weighted by atomic mass is 9.84. The zero-order chi connectivity index (χ0) is 22.5. The molecule has 3 aromatic rings. The van der Waals surface area contributed by atoms with E-state index in [0.717, 1.165) is 29.8 Å². The number of fused-ring (bicyclic) bond motifs is 1. The molecule has 2 aromatic carbocycles. The number of nitrogens with one attached hydrogen (secondary N) is 2. The van der Waals surface area contributed by atoms with E-state index in [9.17, 15) is 5.11 Å². The number of aliphatic hydroxyl groups is 1. The molecule has 32 heavy (non-hydrogen) atoms. The van der Waals surface area contributed by atoms with Crippen LogP contribution in [0.15, 0.2) is 48.2 Å². The second-order valence-corrected chi connectivity index (χ2v) is 8.42. The van der Waals surface area contributed by atoms with Crippen molar-refractivity contribution in [2.45, 2.75) is 18.4 Å². The third-order valence-electron chi connectivity index (χ3n) is 6.60. The molecule has 3 N–H and O–H groups in total. The molecule has 1 saturated heterocycles. The first kappa shape index (κ1) is 20.4. The molecule has 1 aromatic heterocycles. The second-order valence-electron chi connectivity index (χ2n) is 8.42. The third-order valence-corrected chi connectivity index (χ3v) is 6.60. The van der Waals surface area contributed by atoms with Crippen LogP contribution in [0, 0.1) is 5.41 Å². The van der Waals surface area contributed by atoms with E-state index >= 15 is 0 Å². The van der Waals surface area contributed by atoms with Gasteiger partial charge in [-0.05, 0) is 32.0 Å². The Morgan fingerprint density at radius 3 is 2.34 bits per heavy atom. The molecule has 166 valence electrons. The maximum atomic E-state index is 11.6. The number of H-pyrrole nitrogens is 1. The van der Waals surface area contributed by atoms with Crippen molar-refractivity contribution in [1.29, 1.82) is 5.41 Å². The lowest BCUT2D eigenvalue weighted by Crippen LogP contribution is -2.54. The first-order valence-electron chi connectivity index (χ1n) is 10.7. The number of methoxy groups -OCH3 is 2. The zero-order valence-corrected chi connectivity index (χ0v) is 18.5. The highest BCUT2D eigenvalue weighted by molar-refractivity contribution is 6.31. The van der Waals surface area contributed by atoms with Gasteiger partial charge in [-0.15, -0.1) is 0 Å². The summed E-state index contributed by atoms with van der Waals surface area (Å²) < 4.78 is 11.0. The van der Waals surface area contributed by atoms with Crippen LogP contribution in [0.25, 0.3) is 16.6 Å². The Balaban J connectivity index is 1.68. The SMILES string of the molecule is COc1cc(OC)cc(N2C(=N)C(c3nc4ccccc4[nH]3)=C(O)C23CCN(C)CC3)c1. The van der Waals surface area contributed by atoms with Gasteiger partial charge in [0.15, 0.2) is 0 Å². The summed E-state index contributed by atoms with van der Waals surface area (Å²) in [7, 11) is 5.29. The number of aliphatic hydroxyl groups excluding tert-OH is 1. The summed E-state index contributed by atoms with van der Waals surface area (Å²) in [5, 5.41) is 20.8. The van der Waals surface area contributed by atoms with Gasteiger partial charge in [-0.3, -0.25) is 5.41 Å². The molecule has 0 aliphatic carbocycles. The number of amidine groups is 1. The summed E-state index contributed by atoms with van der Waals surface area (Å²) in [6.45, 7) is 1.62. The van der Waals surface area contributed by atoms with E-state index in [4.69, 9.17) is 14.9 Å². The lowest BCUT2D eigenvalue weighted by Gasteiger charge is -2.44. The largest absolute Gasteiger partial charge is 0.509 e. The number of nitrogens with zero attached hydrogens (tertiary/aromatic N) is 3. The molecule has 0 saturated carbocycles. The molecule has 0 amide bonds. The lowest BCUT2D eigenvalue weighted by molar-refractivity contribution is 0.178. The molecule has 8 nitrogen and oxygen atoms in total. The Kier molecular flexibility index (Phi) is 4.82. The number of piperidine rings is 1. The van der Waals surface area contributed by atoms with Crippen LogP contribution in [0.2, 0.25) is 0 Å². The van der Waals surface area contributed by atoms with Crippen LogP contribution in [0.3, 0.4) is 0 Å². The Hall–Kier alpha value is -3.52. The van der Waals surface area contributed by atoms with Crippen molar-refractivity contribution in [2.24, 2.45) is 0 Å². The number of ether oxygens (including phenoxy) is 2. The predicted octanol–water partition coefficient (Wildman–Crippen LogP) is 3.81. The highest BCUT2D eigenvalue weighted by atomic mass is 16.5. The van der Waals surface area contributed by atoms with E-state index in [-0.39, 0.29) is 11.6 Å². The van der Waals surface area contributed by atoms with Crippen molar-refractivity contribution in [1.82, 2.24) is 14.9 Å². The molecule has 8 heteroatoms. The number of imidazole rings is 1. The monoisotopic (exact) mass is 433 g/mol. The highest BCUT2D eigenvalue weighted by Gasteiger charge is 2.53. The molecule has 0 bridgehead atoms. The fourth-order valence-electron chi connectivity index (χ4n) is 4.82. The number of para-hydroxylation sites is 2. The molecule has 0 unspecified atom stereocenters. The summed E-state index contributed by atoms with van der Waals surface area (Å²) in [6.07, 6.45) is 1.36. The summed E-state index contributed by atoms with van der Waals surface area (Å²) in [6, 6.07) is 13.3. The van der Waals surface area contributed by atoms with E-state index in [1.54, 1.807) is 20.3 Å². The van der Waals surface area contributed by atoms with Crippen LogP contribution in [-0.2, 0) is 0 Å². The van der Waals surface area contributed by atoms with Gasteiger partial charge in [0.1, 0.15) is 34.5 Å². The number of likely N-dealkylation sites (tertiary alicyclic amines) is 1. The molecule has 3 heterocycles. The van der Waals surface area contributed by atoms with Gasteiger partial charge >= 0.3 is 0 Å². The summed E-state index contributed by atoms with van der Waals surface area (Å²) in [5.41, 5.74) is 2.12. The van der Waals surface area contributed by atoms with Crippen LogP contribution in [0.1, 0.15) is 18.7 Å². The number of aromatic nitrogens is 2. The van der Waals surface area contributed by atoms with Crippen LogP contribution < -0.4 is 14.4 Å². The molecule has 0 atom stereocenters. The van der Waals surface area contributed by atoms with Crippen LogP contribution in [-0.4, -0.2) is 65.7 Å². The van der Waals surface area contributed by atoms with Gasteiger partial charge in [-0.1, -0.05) is 12.1 Å². The minimum Gasteiger partial charge on any atom is -0.509 e. The average Bonchev–Trinajstić information content (AvgIpc) is 3.32. The number of benzene rings is 2. The van der Waals surface area contributed by atoms with E-state index in [1.165, 1.54) is 0 Å². The zero-order valence-electron chi connectivity index (χ0n) is 18.5. The number of rotatable bonds is 4. The van der Waals surface area contributed by atoms with Crippen molar-refractivity contribution < 1.29 is 14.6 Å². The number of hydrogen-bond donors (Lipinski definition) is 3. The van der Waals surface area contributed by atoms with Crippen LogP contribution in [0.5, 0.6) is 11.5 Å². The fraction of sp³-hybridized carbons (Fsp3) is 0.333. The number of aromatic amines is 1. The smallest absolute Gasteiger partial charge is 0.145 e. The molecule has 2 aliphatic heterocycles. The first-order valence-corrected chi connectivity index (χ1v) is 10.7. The standard InChI is InChI=1S/C24H27N5O3/c1-28-10-8-24(9-11-28)21(30)20(23-26-18-6-4-5-7-19(18)27-23)22(25)29(24)15-12-16(31-2)14-17(13-15)32-3/h4-7,12-14,25,30H,8-11H2,1-3H3,(H,26,27). The van der Waals surface area contributed by atoms with Crippen molar-refractivity contribution in [2.75, 3.05) is 39.3 Å². The number of anilines is 1. The molecule has 5 rings (SSSR count). The van der Waals surface area contributed by atoms with Crippen molar-refractivity contribution in [3.63, 3.8) is 0 Å². The third kappa shape index (κ3) is 3.02. The topological polar surface area (TPSA) is 97.7 Å². The Bertz CT molecular complexity index is 1170. The predicted molar refractivity (Wildman–Crippen MR) is 125 cm³/mol. The van der Waals surface area contributed by atoms with E-state index in [0.29, 0.717) is 35.7 Å². The molecular formula is C24H27N5O3. The van der Waals surface area contributed by atoms with Crippen molar-refractivity contribution in [3.05, 3.63) is 54.0 Å². The number of hydrogen-bond acceptors (Lipinski definition) is 6. The summed E-state index contributed by atoms with van der Waals surface area (Å²) in [4.78, 5) is 12.1. The normalized spacial score (nSPS) is 18.7. The Morgan fingerprint density at radius 2 is 1.72 bits per heavy atom. The van der Waals surface area contributed by atoms with Crippen molar-refractivity contribution in [3.8, 4) is 11.5 Å². The average molecular weight is 434 g/mol. The second kappa shape index (κ2) is 7.56. The molecule has 2 aliphatic rings. The van der Waals surface area contributed by atoms with E-state index in [2.05, 4.69) is 21.9 Å². The molecular weight excluding hydrogens is 406 g/mol. The van der Waals surface area contributed by atoms with Gasteiger partial charge < -0.3 is 29.4 Å². The van der Waals surface area contributed by atoms with Gasteiger partial charge in [0.2, 0.25) is 0 Å². The van der Waals surface area contributed by atoms with E-state index in [1.807, 2.05) is 41.3 Å². The van der Waals surface area contributed by atoms with Crippen molar-refractivity contribution >= 4 is 28.1 Å². The van der Waals surface area contributed by atoms with Gasteiger partial charge in [-0.2, -0.15) is 0 Å². The molecule has 1 fully saturated rings. The van der Waals surface area contributed by atoms with Gasteiger partial charge in [0, 0.05) is 31.3 Å². The quantitative estimate of drug-likeness (QED) is 0.579. The van der Waals surface area contributed by atoms with Crippen LogP contribution >= 0.6 is 0 Å². The van der Waals surface area contributed by atoms with E-state index < -0.39 is 5.54 Å². The van der Waals surface area contributed by atoms with Gasteiger partial charge in [-0.25, -0.2) is 4.98 Å². The Morgan fingerprint density at radius 1 is 1.06 bits per heavy atom. The molecule has 1 spiro atoms. The van der Waals surface area contributed by atoms with Crippen LogP contribution in [0.4, 0.5) is 5.69 Å². The maximum absolute atomic E-state index is 11.6. The van der Waals surface area contributed by atoms with Gasteiger partial charge in [0.25, 0.3) is 0 Å². The van der Waals surface area contributed by atoms with Gasteiger partial charge in [0.05, 0.1) is 36.5 Å². The first-order chi connectivity index (χ1) is 15.5. The molecule has 0 radical (unpaired) electrons. The highest BCUT2D eigenvalue weighted by Crippen LogP contribution is 2.48. The maximum Gasteiger partial charge on any atom is 0.145 e. The summed E-state index contributed by atoms with van der Waals surface area (Å²) in [5.74, 6) is 2.17. The summed E-state index contributed by atoms with van der Waals surface area (Å²) >= 11 is 0. The minimum atomic E-state index is -0.727. The minimum absolute atomic E-state index is 0.191. The fourth-order valence-corrected chi connectivity index (χ4v) is 4.82.